The number of hydrogen-bond acceptors (Lipinski definition) is 3. The van der Waals surface area contributed by atoms with Gasteiger partial charge in [0.25, 0.3) is 0 Å². The molecule has 2 rings (SSSR count). The molecule has 0 radical (unpaired) electrons. The molecule has 1 heterocycles. The number of nitrogens with two attached hydrogens (primary N) is 1. The van der Waals surface area contributed by atoms with Crippen molar-refractivity contribution in [2.24, 2.45) is 5.73 Å². The summed E-state index contributed by atoms with van der Waals surface area (Å²) < 4.78 is 0. The monoisotopic (exact) mass is 269 g/mol. The Morgan fingerprint density at radius 2 is 1.95 bits per heavy atom. The van der Waals surface area contributed by atoms with Crippen molar-refractivity contribution in [3.8, 4) is 0 Å². The van der Waals surface area contributed by atoms with Gasteiger partial charge in [0, 0.05) is 25.8 Å². The van der Waals surface area contributed by atoms with Crippen LogP contribution in [0.3, 0.4) is 0 Å². The number of hydrogen-bond donors (Lipinski definition) is 1. The maximum Gasteiger partial charge on any atom is 0.128 e. The van der Waals surface area contributed by atoms with Crippen LogP contribution in [0.15, 0.2) is 42.6 Å². The van der Waals surface area contributed by atoms with Crippen LogP contribution in [0.25, 0.3) is 0 Å². The van der Waals surface area contributed by atoms with E-state index < -0.39 is 0 Å². The third-order valence-corrected chi connectivity index (χ3v) is 3.43. The predicted molar refractivity (Wildman–Crippen MR) is 84.9 cm³/mol. The van der Waals surface area contributed by atoms with Gasteiger partial charge in [-0.25, -0.2) is 4.98 Å². The van der Waals surface area contributed by atoms with Crippen LogP contribution in [0.4, 0.5) is 5.82 Å². The molecule has 0 aliphatic heterocycles. The third kappa shape index (κ3) is 3.81. The third-order valence-electron chi connectivity index (χ3n) is 3.43. The topological polar surface area (TPSA) is 42.1 Å². The minimum Gasteiger partial charge on any atom is -0.355 e. The lowest BCUT2D eigenvalue weighted by Gasteiger charge is -2.19. The average molecular weight is 269 g/mol. The molecule has 0 saturated carbocycles. The maximum absolute atomic E-state index is 5.80. The van der Waals surface area contributed by atoms with Gasteiger partial charge in [-0.2, -0.15) is 0 Å². The van der Waals surface area contributed by atoms with E-state index in [2.05, 4.69) is 60.3 Å². The quantitative estimate of drug-likeness (QED) is 0.907. The lowest BCUT2D eigenvalue weighted by Crippen LogP contribution is -2.19. The van der Waals surface area contributed by atoms with Gasteiger partial charge in [0.1, 0.15) is 5.82 Å². The Morgan fingerprint density at radius 3 is 2.55 bits per heavy atom. The standard InChI is InChI=1S/C17H23N3/c1-13-6-4-5-7-16(13)12-20(3)17-9-8-15(11-19-17)10-14(2)18/h4-9,11,14H,10,12,18H2,1-3H3. The summed E-state index contributed by atoms with van der Waals surface area (Å²) in [6.45, 7) is 5.02. The molecule has 1 unspecified atom stereocenters. The van der Waals surface area contributed by atoms with Crippen LogP contribution in [0.5, 0.6) is 0 Å². The van der Waals surface area contributed by atoms with Crippen molar-refractivity contribution >= 4 is 5.82 Å². The highest BCUT2D eigenvalue weighted by molar-refractivity contribution is 5.40. The zero-order chi connectivity index (χ0) is 14.5. The fourth-order valence-electron chi connectivity index (χ4n) is 2.26. The Bertz CT molecular complexity index is 546. The lowest BCUT2D eigenvalue weighted by molar-refractivity contribution is 0.735. The van der Waals surface area contributed by atoms with E-state index in [0.29, 0.717) is 0 Å². The number of aryl methyl sites for hydroxylation is 1. The second kappa shape index (κ2) is 6.53. The molecule has 3 heteroatoms. The van der Waals surface area contributed by atoms with Crippen molar-refractivity contribution in [1.29, 1.82) is 0 Å². The minimum absolute atomic E-state index is 0.173. The number of anilines is 1. The fraction of sp³-hybridized carbons (Fsp3) is 0.353. The molecule has 2 aromatic rings. The molecule has 1 aromatic carbocycles. The first-order chi connectivity index (χ1) is 9.56. The van der Waals surface area contributed by atoms with E-state index in [1.165, 1.54) is 16.7 Å². The maximum atomic E-state index is 5.80. The molecule has 2 N–H and O–H groups in total. The second-order valence-electron chi connectivity index (χ2n) is 5.49. The van der Waals surface area contributed by atoms with Gasteiger partial charge in [0.15, 0.2) is 0 Å². The Morgan fingerprint density at radius 1 is 1.20 bits per heavy atom. The molecule has 0 aliphatic carbocycles. The van der Waals surface area contributed by atoms with Crippen molar-refractivity contribution in [3.63, 3.8) is 0 Å². The Balaban J connectivity index is 2.06. The summed E-state index contributed by atoms with van der Waals surface area (Å²) in [7, 11) is 2.07. The number of nitrogens with zero attached hydrogens (tertiary/aromatic N) is 2. The highest BCUT2D eigenvalue weighted by Gasteiger charge is 2.06. The van der Waals surface area contributed by atoms with Crippen LogP contribution in [0, 0.1) is 6.92 Å². The van der Waals surface area contributed by atoms with Crippen LogP contribution in [0.2, 0.25) is 0 Å². The Labute approximate surface area is 121 Å². The number of aromatic nitrogens is 1. The average Bonchev–Trinajstić information content (AvgIpc) is 2.41. The summed E-state index contributed by atoms with van der Waals surface area (Å²) in [5.41, 5.74) is 9.63. The molecule has 20 heavy (non-hydrogen) atoms. The van der Waals surface area contributed by atoms with E-state index in [4.69, 9.17) is 5.73 Å². The predicted octanol–water partition coefficient (Wildman–Crippen LogP) is 2.92. The van der Waals surface area contributed by atoms with Gasteiger partial charge in [-0.3, -0.25) is 0 Å². The molecule has 0 aliphatic rings. The molecule has 0 amide bonds. The normalized spacial score (nSPS) is 12.2. The van der Waals surface area contributed by atoms with Gasteiger partial charge in [-0.05, 0) is 43.0 Å². The van der Waals surface area contributed by atoms with E-state index in [1.54, 1.807) is 0 Å². The molecule has 0 fully saturated rings. The number of rotatable bonds is 5. The van der Waals surface area contributed by atoms with Crippen molar-refractivity contribution in [3.05, 3.63) is 59.3 Å². The molecular weight excluding hydrogens is 246 g/mol. The van der Waals surface area contributed by atoms with Crippen molar-refractivity contribution in [2.45, 2.75) is 32.9 Å². The van der Waals surface area contributed by atoms with Gasteiger partial charge in [0.05, 0.1) is 0 Å². The molecule has 3 nitrogen and oxygen atoms in total. The summed E-state index contributed by atoms with van der Waals surface area (Å²) in [5.74, 6) is 0.988. The Kier molecular flexibility index (Phi) is 4.74. The van der Waals surface area contributed by atoms with Crippen molar-refractivity contribution in [1.82, 2.24) is 4.98 Å². The minimum atomic E-state index is 0.173. The van der Waals surface area contributed by atoms with E-state index >= 15 is 0 Å². The highest BCUT2D eigenvalue weighted by Crippen LogP contribution is 2.15. The lowest BCUT2D eigenvalue weighted by atomic mass is 10.1. The highest BCUT2D eigenvalue weighted by atomic mass is 15.2. The van der Waals surface area contributed by atoms with Crippen molar-refractivity contribution < 1.29 is 0 Å². The van der Waals surface area contributed by atoms with Gasteiger partial charge in [0.2, 0.25) is 0 Å². The summed E-state index contributed by atoms with van der Waals surface area (Å²) in [6, 6.07) is 12.8. The van der Waals surface area contributed by atoms with E-state index in [9.17, 15) is 0 Å². The zero-order valence-corrected chi connectivity index (χ0v) is 12.5. The Hall–Kier alpha value is -1.87. The fourth-order valence-corrected chi connectivity index (χ4v) is 2.26. The first-order valence-electron chi connectivity index (χ1n) is 7.02. The van der Waals surface area contributed by atoms with Crippen LogP contribution in [-0.2, 0) is 13.0 Å². The van der Waals surface area contributed by atoms with Gasteiger partial charge >= 0.3 is 0 Å². The summed E-state index contributed by atoms with van der Waals surface area (Å²) >= 11 is 0. The van der Waals surface area contributed by atoms with Crippen LogP contribution < -0.4 is 10.6 Å². The molecular formula is C17H23N3. The van der Waals surface area contributed by atoms with Crippen LogP contribution in [0.1, 0.15) is 23.6 Å². The largest absolute Gasteiger partial charge is 0.355 e. The molecule has 1 aromatic heterocycles. The first kappa shape index (κ1) is 14.5. The summed E-state index contributed by atoms with van der Waals surface area (Å²) in [4.78, 5) is 6.69. The SMILES string of the molecule is Cc1ccccc1CN(C)c1ccc(CC(C)N)cn1. The van der Waals surface area contributed by atoms with Gasteiger partial charge in [-0.1, -0.05) is 30.3 Å². The molecule has 1 atom stereocenters. The van der Waals surface area contributed by atoms with E-state index in [-0.39, 0.29) is 6.04 Å². The van der Waals surface area contributed by atoms with Gasteiger partial charge in [-0.15, -0.1) is 0 Å². The smallest absolute Gasteiger partial charge is 0.128 e. The molecule has 0 bridgehead atoms. The number of benzene rings is 1. The van der Waals surface area contributed by atoms with E-state index in [0.717, 1.165) is 18.8 Å². The van der Waals surface area contributed by atoms with E-state index in [1.807, 2.05) is 13.1 Å². The summed E-state index contributed by atoms with van der Waals surface area (Å²) in [6.07, 6.45) is 2.79. The molecule has 0 saturated heterocycles. The van der Waals surface area contributed by atoms with Crippen LogP contribution >= 0.6 is 0 Å². The van der Waals surface area contributed by atoms with Crippen LogP contribution in [-0.4, -0.2) is 18.1 Å². The second-order valence-corrected chi connectivity index (χ2v) is 5.49. The van der Waals surface area contributed by atoms with Crippen molar-refractivity contribution in [2.75, 3.05) is 11.9 Å². The molecule has 0 spiro atoms. The molecule has 106 valence electrons. The first-order valence-corrected chi connectivity index (χ1v) is 7.02. The van der Waals surface area contributed by atoms with Gasteiger partial charge < -0.3 is 10.6 Å². The zero-order valence-electron chi connectivity index (χ0n) is 12.5. The summed E-state index contributed by atoms with van der Waals surface area (Å²) in [5, 5.41) is 0. The number of pyridine rings is 1.